The normalized spacial score (nSPS) is 12.4. The van der Waals surface area contributed by atoms with Crippen molar-refractivity contribution in [2.24, 2.45) is 0 Å². The van der Waals surface area contributed by atoms with Crippen LogP contribution in [0.2, 0.25) is 0 Å². The Labute approximate surface area is 214 Å². The molecule has 0 aliphatic heterocycles. The molecule has 2 aromatic carbocycles. The molecule has 1 atom stereocenters. The third-order valence-electron chi connectivity index (χ3n) is 5.41. The van der Waals surface area contributed by atoms with Crippen LogP contribution in [0.1, 0.15) is 39.7 Å². The second kappa shape index (κ2) is 12.1. The lowest BCUT2D eigenvalue weighted by Crippen LogP contribution is -2.55. The minimum atomic E-state index is -3.81. The fraction of sp³-hybridized carbons (Fsp3) is 0.462. The fourth-order valence-corrected chi connectivity index (χ4v) is 4.55. The van der Waals surface area contributed by atoms with Crippen molar-refractivity contribution in [3.05, 3.63) is 54.1 Å². The van der Waals surface area contributed by atoms with Gasteiger partial charge in [0.2, 0.25) is 21.8 Å². The Morgan fingerprint density at radius 3 is 2.11 bits per heavy atom. The second-order valence-corrected chi connectivity index (χ2v) is 11.4. The van der Waals surface area contributed by atoms with E-state index in [9.17, 15) is 18.0 Å². The van der Waals surface area contributed by atoms with Gasteiger partial charge in [0.15, 0.2) is 0 Å². The average Bonchev–Trinajstić information content (AvgIpc) is 2.80. The number of nitrogens with zero attached hydrogens (tertiary/aromatic N) is 2. The van der Waals surface area contributed by atoms with E-state index in [0.29, 0.717) is 23.6 Å². The molecule has 0 radical (unpaired) electrons. The van der Waals surface area contributed by atoms with Crippen LogP contribution in [0.4, 0.5) is 5.69 Å². The van der Waals surface area contributed by atoms with E-state index < -0.39 is 34.1 Å². The van der Waals surface area contributed by atoms with Gasteiger partial charge in [-0.1, -0.05) is 19.1 Å². The lowest BCUT2D eigenvalue weighted by atomic mass is 10.1. The number of methoxy groups -OCH3 is 2. The molecule has 9 nitrogen and oxygen atoms in total. The molecule has 0 aromatic heterocycles. The van der Waals surface area contributed by atoms with E-state index >= 15 is 0 Å². The zero-order valence-electron chi connectivity index (χ0n) is 22.1. The van der Waals surface area contributed by atoms with Crippen molar-refractivity contribution in [3.63, 3.8) is 0 Å². The van der Waals surface area contributed by atoms with Crippen LogP contribution in [-0.2, 0) is 26.2 Å². The molecule has 2 aromatic rings. The zero-order valence-corrected chi connectivity index (χ0v) is 22.9. The molecular formula is C26H37N3O6S. The number of amides is 2. The van der Waals surface area contributed by atoms with Gasteiger partial charge in [0.05, 0.1) is 26.2 Å². The Balaban J connectivity index is 2.46. The van der Waals surface area contributed by atoms with Crippen molar-refractivity contribution < 1.29 is 27.5 Å². The van der Waals surface area contributed by atoms with Crippen LogP contribution in [-0.4, -0.2) is 63.7 Å². The summed E-state index contributed by atoms with van der Waals surface area (Å²) in [7, 11) is -0.748. The van der Waals surface area contributed by atoms with E-state index in [4.69, 9.17) is 9.47 Å². The number of carbonyl (C=O) groups excluding carboxylic acids is 2. The van der Waals surface area contributed by atoms with Gasteiger partial charge in [-0.25, -0.2) is 8.42 Å². The Morgan fingerprint density at radius 1 is 1.00 bits per heavy atom. The zero-order chi connectivity index (χ0) is 27.1. The van der Waals surface area contributed by atoms with Crippen molar-refractivity contribution in [2.75, 3.05) is 31.3 Å². The lowest BCUT2D eigenvalue weighted by Gasteiger charge is -2.34. The number of hydrogen-bond donors (Lipinski definition) is 1. The fourth-order valence-electron chi connectivity index (χ4n) is 3.70. The first kappa shape index (κ1) is 29.0. The molecule has 198 valence electrons. The minimum absolute atomic E-state index is 0.103. The molecular weight excluding hydrogens is 482 g/mol. The van der Waals surface area contributed by atoms with Gasteiger partial charge in [-0.15, -0.1) is 0 Å². The number of carbonyl (C=O) groups is 2. The van der Waals surface area contributed by atoms with Gasteiger partial charge in [0.25, 0.3) is 0 Å². The van der Waals surface area contributed by atoms with E-state index in [-0.39, 0.29) is 12.5 Å². The molecule has 0 heterocycles. The standard InChI is InChI=1S/C26H37N3O6S/c1-8-23(25(31)27-26(2,3)4)28(17-19-10-9-11-22(16-19)35-6)24(30)18-29(36(7,32)33)20-12-14-21(34-5)15-13-20/h9-16,23H,8,17-18H2,1-7H3,(H,27,31)/t23-/m0/s1. The molecule has 10 heteroatoms. The monoisotopic (exact) mass is 519 g/mol. The quantitative estimate of drug-likeness (QED) is 0.489. The Kier molecular flexibility index (Phi) is 9.75. The number of benzene rings is 2. The second-order valence-electron chi connectivity index (χ2n) is 9.50. The van der Waals surface area contributed by atoms with Crippen LogP contribution < -0.4 is 19.1 Å². The summed E-state index contributed by atoms with van der Waals surface area (Å²) >= 11 is 0. The van der Waals surface area contributed by atoms with Crippen LogP contribution >= 0.6 is 0 Å². The van der Waals surface area contributed by atoms with Crippen LogP contribution in [0, 0.1) is 0 Å². The Hall–Kier alpha value is -3.27. The van der Waals surface area contributed by atoms with Gasteiger partial charge in [0, 0.05) is 12.1 Å². The summed E-state index contributed by atoms with van der Waals surface area (Å²) < 4.78 is 36.8. The van der Waals surface area contributed by atoms with Gasteiger partial charge in [-0.3, -0.25) is 13.9 Å². The maximum Gasteiger partial charge on any atom is 0.244 e. The average molecular weight is 520 g/mol. The highest BCUT2D eigenvalue weighted by atomic mass is 32.2. The molecule has 0 spiro atoms. The van der Waals surface area contributed by atoms with Gasteiger partial charge in [-0.05, 0) is 69.2 Å². The molecule has 0 bridgehead atoms. The SMILES string of the molecule is CC[C@@H](C(=O)NC(C)(C)C)N(Cc1cccc(OC)c1)C(=O)CN(c1ccc(OC)cc1)S(C)(=O)=O. The van der Waals surface area contributed by atoms with E-state index in [1.54, 1.807) is 49.6 Å². The summed E-state index contributed by atoms with van der Waals surface area (Å²) in [5.74, 6) is 0.359. The summed E-state index contributed by atoms with van der Waals surface area (Å²) in [6.07, 6.45) is 1.39. The molecule has 36 heavy (non-hydrogen) atoms. The third kappa shape index (κ3) is 8.15. The molecule has 0 unspecified atom stereocenters. The predicted molar refractivity (Wildman–Crippen MR) is 141 cm³/mol. The molecule has 1 N–H and O–H groups in total. The first-order valence-electron chi connectivity index (χ1n) is 11.6. The lowest BCUT2D eigenvalue weighted by molar-refractivity contribution is -0.141. The highest BCUT2D eigenvalue weighted by molar-refractivity contribution is 7.92. The van der Waals surface area contributed by atoms with Crippen LogP contribution in [0.25, 0.3) is 0 Å². The number of ether oxygens (including phenoxy) is 2. The number of nitrogens with one attached hydrogen (secondary N) is 1. The molecule has 0 saturated carbocycles. The Morgan fingerprint density at radius 2 is 1.61 bits per heavy atom. The summed E-state index contributed by atoms with van der Waals surface area (Å²) in [6, 6.07) is 12.8. The molecule has 0 aliphatic rings. The van der Waals surface area contributed by atoms with Crippen LogP contribution in [0.15, 0.2) is 48.5 Å². The molecule has 0 fully saturated rings. The van der Waals surface area contributed by atoms with Gasteiger partial charge in [0.1, 0.15) is 24.1 Å². The third-order valence-corrected chi connectivity index (χ3v) is 6.55. The molecule has 0 aliphatic carbocycles. The van der Waals surface area contributed by atoms with Crippen molar-refractivity contribution in [2.45, 2.75) is 52.2 Å². The van der Waals surface area contributed by atoms with Crippen molar-refractivity contribution in [3.8, 4) is 11.5 Å². The number of sulfonamides is 1. The van der Waals surface area contributed by atoms with E-state index in [1.165, 1.54) is 12.0 Å². The molecule has 0 saturated heterocycles. The first-order valence-corrected chi connectivity index (χ1v) is 13.5. The van der Waals surface area contributed by atoms with E-state index in [2.05, 4.69) is 5.32 Å². The highest BCUT2D eigenvalue weighted by Gasteiger charge is 2.33. The van der Waals surface area contributed by atoms with Gasteiger partial charge >= 0.3 is 0 Å². The maximum absolute atomic E-state index is 13.7. The first-order chi connectivity index (χ1) is 16.8. The summed E-state index contributed by atoms with van der Waals surface area (Å²) in [6.45, 7) is 7.04. The Bertz CT molecular complexity index is 1140. The van der Waals surface area contributed by atoms with Gasteiger partial charge < -0.3 is 19.7 Å². The van der Waals surface area contributed by atoms with Crippen LogP contribution in [0.3, 0.4) is 0 Å². The number of hydrogen-bond acceptors (Lipinski definition) is 6. The molecule has 2 amide bonds. The topological polar surface area (TPSA) is 105 Å². The van der Waals surface area contributed by atoms with Crippen LogP contribution in [0.5, 0.6) is 11.5 Å². The molecule has 2 rings (SSSR count). The predicted octanol–water partition coefficient (Wildman–Crippen LogP) is 3.19. The van der Waals surface area contributed by atoms with E-state index in [0.717, 1.165) is 16.1 Å². The van der Waals surface area contributed by atoms with Crippen molar-refractivity contribution >= 4 is 27.5 Å². The summed E-state index contributed by atoms with van der Waals surface area (Å²) in [5, 5.41) is 2.94. The largest absolute Gasteiger partial charge is 0.497 e. The van der Waals surface area contributed by atoms with Crippen molar-refractivity contribution in [1.82, 2.24) is 10.2 Å². The summed E-state index contributed by atoms with van der Waals surface area (Å²) in [4.78, 5) is 28.3. The summed E-state index contributed by atoms with van der Waals surface area (Å²) in [5.41, 5.74) is 0.567. The number of anilines is 1. The van der Waals surface area contributed by atoms with Crippen molar-refractivity contribution in [1.29, 1.82) is 0 Å². The smallest absolute Gasteiger partial charge is 0.244 e. The number of rotatable bonds is 11. The van der Waals surface area contributed by atoms with Gasteiger partial charge in [-0.2, -0.15) is 0 Å². The highest BCUT2D eigenvalue weighted by Crippen LogP contribution is 2.23. The van der Waals surface area contributed by atoms with E-state index in [1.807, 2.05) is 33.8 Å². The maximum atomic E-state index is 13.7. The minimum Gasteiger partial charge on any atom is -0.497 e.